The van der Waals surface area contributed by atoms with Crippen LogP contribution in [-0.2, 0) is 10.2 Å². The fraction of sp³-hybridized carbons (Fsp3) is 0.0513. The summed E-state index contributed by atoms with van der Waals surface area (Å²) in [5, 5.41) is 22.0. The highest BCUT2D eigenvalue weighted by molar-refractivity contribution is 6.17. The molecule has 0 bridgehead atoms. The van der Waals surface area contributed by atoms with Crippen LogP contribution in [0.1, 0.15) is 22.3 Å². The molecule has 0 atom stereocenters. The molecule has 1 aliphatic rings. The highest BCUT2D eigenvalue weighted by Gasteiger charge is 2.54. The van der Waals surface area contributed by atoms with Crippen molar-refractivity contribution in [2.75, 3.05) is 4.90 Å². The van der Waals surface area contributed by atoms with Crippen molar-refractivity contribution < 1.29 is 15.0 Å². The van der Waals surface area contributed by atoms with Gasteiger partial charge in [0.25, 0.3) is 5.91 Å². The lowest BCUT2D eigenvalue weighted by atomic mass is 9.69. The van der Waals surface area contributed by atoms with E-state index in [1.165, 1.54) is 0 Å². The Morgan fingerprint density at radius 2 is 1.00 bits per heavy atom. The number of fused-ring (bicyclic) bond motifs is 1. The van der Waals surface area contributed by atoms with Crippen molar-refractivity contribution >= 4 is 17.3 Å². The number of phenolic OH excluding ortho intramolecular Hbond substituents is 2. The number of carbonyl (C=O) groups is 1. The van der Waals surface area contributed by atoms with E-state index in [-0.39, 0.29) is 17.4 Å². The number of aryl methyl sites for hydroxylation is 1. The largest absolute Gasteiger partial charge is 0.507 e. The summed E-state index contributed by atoms with van der Waals surface area (Å²) in [6.07, 6.45) is 0. The molecular formula is C39H29NO3. The van der Waals surface area contributed by atoms with Gasteiger partial charge in [-0.15, -0.1) is 0 Å². The van der Waals surface area contributed by atoms with E-state index in [0.29, 0.717) is 11.1 Å². The number of nitrogens with zero attached hydrogens (tertiary/aromatic N) is 1. The zero-order valence-corrected chi connectivity index (χ0v) is 23.6. The fourth-order valence-electron chi connectivity index (χ4n) is 6.39. The minimum atomic E-state index is -1.27. The summed E-state index contributed by atoms with van der Waals surface area (Å²) in [4.78, 5) is 17.1. The number of carbonyl (C=O) groups excluding carboxylic acids is 1. The average Bonchev–Trinajstić information content (AvgIpc) is 3.31. The first-order chi connectivity index (χ1) is 21.0. The van der Waals surface area contributed by atoms with E-state index in [1.807, 2.05) is 145 Å². The van der Waals surface area contributed by atoms with Crippen LogP contribution >= 0.6 is 0 Å². The minimum Gasteiger partial charge on any atom is -0.507 e. The van der Waals surface area contributed by atoms with Gasteiger partial charge in [0.2, 0.25) is 0 Å². The topological polar surface area (TPSA) is 60.8 Å². The van der Waals surface area contributed by atoms with Crippen molar-refractivity contribution in [1.82, 2.24) is 0 Å². The fourth-order valence-corrected chi connectivity index (χ4v) is 6.39. The molecule has 0 aromatic heterocycles. The Kier molecular flexibility index (Phi) is 6.32. The first-order valence-electron chi connectivity index (χ1n) is 14.3. The molecule has 0 radical (unpaired) electrons. The highest BCUT2D eigenvalue weighted by atomic mass is 16.3. The molecule has 1 heterocycles. The van der Waals surface area contributed by atoms with E-state index < -0.39 is 5.41 Å². The van der Waals surface area contributed by atoms with Gasteiger partial charge in [0.05, 0.1) is 11.4 Å². The van der Waals surface area contributed by atoms with Crippen LogP contribution in [0.25, 0.3) is 22.3 Å². The maximum Gasteiger partial charge on any atom is 0.251 e. The summed E-state index contributed by atoms with van der Waals surface area (Å²) in [5.41, 5.74) is 6.57. The third-order valence-corrected chi connectivity index (χ3v) is 8.46. The van der Waals surface area contributed by atoms with Crippen molar-refractivity contribution in [1.29, 1.82) is 0 Å². The van der Waals surface area contributed by atoms with E-state index in [2.05, 4.69) is 0 Å². The Morgan fingerprint density at radius 1 is 0.535 bits per heavy atom. The summed E-state index contributed by atoms with van der Waals surface area (Å²) < 4.78 is 0. The van der Waals surface area contributed by atoms with E-state index >= 15 is 4.79 Å². The van der Waals surface area contributed by atoms with E-state index in [9.17, 15) is 10.2 Å². The summed E-state index contributed by atoms with van der Waals surface area (Å²) in [6, 6.07) is 46.0. The summed E-state index contributed by atoms with van der Waals surface area (Å²) in [7, 11) is 0. The van der Waals surface area contributed by atoms with Gasteiger partial charge in [-0.3, -0.25) is 9.69 Å². The monoisotopic (exact) mass is 559 g/mol. The van der Waals surface area contributed by atoms with Gasteiger partial charge < -0.3 is 10.2 Å². The van der Waals surface area contributed by atoms with Gasteiger partial charge in [0.15, 0.2) is 0 Å². The maximum atomic E-state index is 15.3. The van der Waals surface area contributed by atoms with E-state index in [4.69, 9.17) is 0 Å². The third-order valence-electron chi connectivity index (χ3n) is 8.46. The Balaban J connectivity index is 1.57. The Bertz CT molecular complexity index is 1890. The quantitative estimate of drug-likeness (QED) is 0.222. The molecule has 4 nitrogen and oxygen atoms in total. The number of phenols is 2. The van der Waals surface area contributed by atoms with Gasteiger partial charge in [0.1, 0.15) is 16.9 Å². The highest BCUT2D eigenvalue weighted by Crippen LogP contribution is 2.54. The summed E-state index contributed by atoms with van der Waals surface area (Å²) >= 11 is 0. The van der Waals surface area contributed by atoms with Gasteiger partial charge in [-0.05, 0) is 71.1 Å². The lowest BCUT2D eigenvalue weighted by Crippen LogP contribution is -2.40. The number of hydrogen-bond donors (Lipinski definition) is 2. The van der Waals surface area contributed by atoms with Gasteiger partial charge in [-0.1, -0.05) is 109 Å². The number of aromatic hydroxyl groups is 2. The molecule has 0 fully saturated rings. The van der Waals surface area contributed by atoms with Crippen LogP contribution in [0.5, 0.6) is 11.5 Å². The van der Waals surface area contributed by atoms with Crippen molar-refractivity contribution in [2.24, 2.45) is 0 Å². The molecule has 1 amide bonds. The standard InChI is InChI=1S/C39H29NO3/c1-26-12-8-10-18-34(26)40-35-19-11-9-17-33(35)39(38(40)43,29-20-22-36(41)31(24-29)27-13-4-2-5-14-27)30-21-23-37(42)32(25-30)28-15-6-3-7-16-28/h2-25,41-42H,1H3. The van der Waals surface area contributed by atoms with Crippen molar-refractivity contribution in [3.63, 3.8) is 0 Å². The lowest BCUT2D eigenvalue weighted by molar-refractivity contribution is -0.120. The van der Waals surface area contributed by atoms with Crippen molar-refractivity contribution in [3.8, 4) is 33.8 Å². The molecule has 6 aromatic carbocycles. The smallest absolute Gasteiger partial charge is 0.251 e. The van der Waals surface area contributed by atoms with Gasteiger partial charge in [-0.2, -0.15) is 0 Å². The average molecular weight is 560 g/mol. The molecule has 4 heteroatoms. The molecule has 6 aromatic rings. The second kappa shape index (κ2) is 10.3. The number of rotatable bonds is 5. The number of amides is 1. The van der Waals surface area contributed by atoms with Crippen LogP contribution < -0.4 is 4.90 Å². The lowest BCUT2D eigenvalue weighted by Gasteiger charge is -2.32. The number of hydrogen-bond acceptors (Lipinski definition) is 3. The molecule has 0 saturated carbocycles. The predicted octanol–water partition coefficient (Wildman–Crippen LogP) is 8.75. The molecule has 0 aliphatic carbocycles. The van der Waals surface area contributed by atoms with E-state index in [1.54, 1.807) is 12.1 Å². The minimum absolute atomic E-state index is 0.127. The van der Waals surface area contributed by atoms with Gasteiger partial charge >= 0.3 is 0 Å². The molecule has 0 saturated heterocycles. The van der Waals surface area contributed by atoms with Crippen molar-refractivity contribution in [3.05, 3.63) is 168 Å². The molecule has 208 valence electrons. The Morgan fingerprint density at radius 3 is 1.53 bits per heavy atom. The maximum absolute atomic E-state index is 15.3. The second-order valence-electron chi connectivity index (χ2n) is 10.9. The van der Waals surface area contributed by atoms with Crippen LogP contribution in [0, 0.1) is 6.92 Å². The summed E-state index contributed by atoms with van der Waals surface area (Å²) in [5.74, 6) is 0.142. The zero-order valence-electron chi connectivity index (χ0n) is 23.6. The SMILES string of the molecule is Cc1ccccc1N1C(=O)C(c2ccc(O)c(-c3ccccc3)c2)(c2ccc(O)c(-c3ccccc3)c2)c2ccccc21. The third kappa shape index (κ3) is 4.11. The molecule has 2 N–H and O–H groups in total. The first kappa shape index (κ1) is 26.3. The van der Waals surface area contributed by atoms with Crippen LogP contribution in [0.3, 0.4) is 0 Å². The predicted molar refractivity (Wildman–Crippen MR) is 172 cm³/mol. The number of anilines is 2. The van der Waals surface area contributed by atoms with Crippen LogP contribution in [0.2, 0.25) is 0 Å². The van der Waals surface area contributed by atoms with Crippen LogP contribution in [0.4, 0.5) is 11.4 Å². The normalized spacial score (nSPS) is 13.6. The zero-order chi connectivity index (χ0) is 29.6. The first-order valence-corrected chi connectivity index (χ1v) is 14.3. The number of benzene rings is 6. The molecule has 0 unspecified atom stereocenters. The Hall–Kier alpha value is -5.61. The molecule has 7 rings (SSSR count). The van der Waals surface area contributed by atoms with E-state index in [0.717, 1.165) is 44.8 Å². The van der Waals surface area contributed by atoms with Crippen LogP contribution in [-0.4, -0.2) is 16.1 Å². The number of para-hydroxylation sites is 2. The summed E-state index contributed by atoms with van der Waals surface area (Å²) in [6.45, 7) is 2.01. The molecular weight excluding hydrogens is 530 g/mol. The second-order valence-corrected chi connectivity index (χ2v) is 10.9. The van der Waals surface area contributed by atoms with Crippen molar-refractivity contribution in [2.45, 2.75) is 12.3 Å². The van der Waals surface area contributed by atoms with Gasteiger partial charge in [-0.25, -0.2) is 0 Å². The van der Waals surface area contributed by atoms with Crippen LogP contribution in [0.15, 0.2) is 146 Å². The molecule has 43 heavy (non-hydrogen) atoms. The Labute approximate surface area is 250 Å². The molecule has 0 spiro atoms. The van der Waals surface area contributed by atoms with Gasteiger partial charge in [0, 0.05) is 16.7 Å². The molecule has 1 aliphatic heterocycles.